The predicted molar refractivity (Wildman–Crippen MR) is 73.9 cm³/mol. The third kappa shape index (κ3) is 3.53. The van der Waals surface area contributed by atoms with Gasteiger partial charge in [-0.25, -0.2) is 0 Å². The Balaban J connectivity index is 2.05. The third-order valence-corrected chi connectivity index (χ3v) is 3.33. The first kappa shape index (κ1) is 14.9. The molecule has 108 valence electrons. The van der Waals surface area contributed by atoms with Gasteiger partial charge in [0.05, 0.1) is 11.6 Å². The highest BCUT2D eigenvalue weighted by molar-refractivity contribution is 9.12. The standard InChI is InChI=1S/C13H12BrF3N2O/c1-20-10-4-2-9(3-5-10)6-19-7-11(14)12(18-8-19)13(15,16)17/h2-5,7H,6,8H2,1H3. The van der Waals surface area contributed by atoms with Crippen molar-refractivity contribution < 1.29 is 17.9 Å². The van der Waals surface area contributed by atoms with E-state index in [0.29, 0.717) is 6.54 Å². The second-order valence-corrected chi connectivity index (χ2v) is 5.07. The molecule has 0 fully saturated rings. The molecule has 0 radical (unpaired) electrons. The Bertz CT molecular complexity index is 538. The van der Waals surface area contributed by atoms with Crippen molar-refractivity contribution in [3.05, 3.63) is 40.5 Å². The minimum Gasteiger partial charge on any atom is -0.497 e. The van der Waals surface area contributed by atoms with E-state index in [0.717, 1.165) is 11.3 Å². The number of methoxy groups -OCH3 is 1. The van der Waals surface area contributed by atoms with E-state index in [2.05, 4.69) is 20.9 Å². The first-order valence-electron chi connectivity index (χ1n) is 5.76. The molecule has 0 aliphatic carbocycles. The lowest BCUT2D eigenvalue weighted by Gasteiger charge is -2.24. The summed E-state index contributed by atoms with van der Waals surface area (Å²) in [4.78, 5) is 5.27. The summed E-state index contributed by atoms with van der Waals surface area (Å²) in [5, 5.41) is 0. The molecule has 0 atom stereocenters. The Kier molecular flexibility index (Phi) is 4.37. The van der Waals surface area contributed by atoms with Crippen LogP contribution in [0.2, 0.25) is 0 Å². The van der Waals surface area contributed by atoms with Crippen molar-refractivity contribution in [2.24, 2.45) is 4.99 Å². The highest BCUT2D eigenvalue weighted by atomic mass is 79.9. The van der Waals surface area contributed by atoms with E-state index in [1.807, 2.05) is 24.3 Å². The Morgan fingerprint density at radius 1 is 1.30 bits per heavy atom. The van der Waals surface area contributed by atoms with Gasteiger partial charge in [0.25, 0.3) is 0 Å². The maximum absolute atomic E-state index is 12.6. The molecule has 0 N–H and O–H groups in total. The lowest BCUT2D eigenvalue weighted by molar-refractivity contribution is -0.0585. The number of hydrogen-bond acceptors (Lipinski definition) is 3. The average molecular weight is 349 g/mol. The summed E-state index contributed by atoms with van der Waals surface area (Å²) in [6.07, 6.45) is -3.01. The predicted octanol–water partition coefficient (Wildman–Crippen LogP) is 3.71. The Morgan fingerprint density at radius 3 is 2.45 bits per heavy atom. The molecule has 7 heteroatoms. The van der Waals surface area contributed by atoms with Gasteiger partial charge in [-0.2, -0.15) is 13.2 Å². The summed E-state index contributed by atoms with van der Waals surface area (Å²) < 4.78 is 42.8. The number of allylic oxidation sites excluding steroid dienone is 1. The Labute approximate surface area is 122 Å². The fourth-order valence-corrected chi connectivity index (χ4v) is 2.43. The van der Waals surface area contributed by atoms with Gasteiger partial charge < -0.3 is 9.64 Å². The number of hydrogen-bond donors (Lipinski definition) is 0. The van der Waals surface area contributed by atoms with E-state index in [4.69, 9.17) is 4.74 Å². The second kappa shape index (κ2) is 5.87. The van der Waals surface area contributed by atoms with Gasteiger partial charge in [-0.05, 0) is 33.6 Å². The topological polar surface area (TPSA) is 24.8 Å². The summed E-state index contributed by atoms with van der Waals surface area (Å²) >= 11 is 2.92. The van der Waals surface area contributed by atoms with Crippen LogP contribution in [0.15, 0.2) is 39.9 Å². The summed E-state index contributed by atoms with van der Waals surface area (Å²) in [5.74, 6) is 0.737. The molecule has 1 heterocycles. The first-order valence-corrected chi connectivity index (χ1v) is 6.56. The second-order valence-electron chi connectivity index (χ2n) is 4.22. The molecular formula is C13H12BrF3N2O. The van der Waals surface area contributed by atoms with Crippen LogP contribution in [0.25, 0.3) is 0 Å². The molecule has 20 heavy (non-hydrogen) atoms. The van der Waals surface area contributed by atoms with Crippen LogP contribution in [0.4, 0.5) is 13.2 Å². The van der Waals surface area contributed by atoms with Crippen molar-refractivity contribution in [1.29, 1.82) is 0 Å². The minimum atomic E-state index is -4.43. The smallest absolute Gasteiger partial charge is 0.434 e. The van der Waals surface area contributed by atoms with Gasteiger partial charge in [0, 0.05) is 12.7 Å². The molecule has 0 saturated heterocycles. The number of benzene rings is 1. The molecule has 1 aliphatic rings. The van der Waals surface area contributed by atoms with Crippen molar-refractivity contribution in [2.45, 2.75) is 12.7 Å². The van der Waals surface area contributed by atoms with Crippen LogP contribution in [0, 0.1) is 0 Å². The van der Waals surface area contributed by atoms with E-state index < -0.39 is 11.9 Å². The number of ether oxygens (including phenoxy) is 1. The van der Waals surface area contributed by atoms with Crippen LogP contribution in [-0.4, -0.2) is 30.6 Å². The van der Waals surface area contributed by atoms with Crippen LogP contribution in [0.5, 0.6) is 5.75 Å². The zero-order chi connectivity index (χ0) is 14.8. The monoisotopic (exact) mass is 348 g/mol. The molecule has 2 rings (SSSR count). The van der Waals surface area contributed by atoms with Gasteiger partial charge in [0.15, 0.2) is 5.71 Å². The van der Waals surface area contributed by atoms with Crippen LogP contribution < -0.4 is 4.74 Å². The van der Waals surface area contributed by atoms with Gasteiger partial charge in [0.2, 0.25) is 0 Å². The molecule has 1 aromatic carbocycles. The fourth-order valence-electron chi connectivity index (χ4n) is 1.79. The van der Waals surface area contributed by atoms with E-state index in [1.165, 1.54) is 6.20 Å². The van der Waals surface area contributed by atoms with Crippen molar-refractivity contribution in [1.82, 2.24) is 4.90 Å². The number of halogens is 4. The Morgan fingerprint density at radius 2 is 1.95 bits per heavy atom. The Hall–Kier alpha value is -1.50. The molecule has 0 aromatic heterocycles. The highest BCUT2D eigenvalue weighted by Crippen LogP contribution is 2.28. The largest absolute Gasteiger partial charge is 0.497 e. The molecular weight excluding hydrogens is 337 g/mol. The molecule has 0 spiro atoms. The molecule has 0 unspecified atom stereocenters. The lowest BCUT2D eigenvalue weighted by Crippen LogP contribution is -2.31. The number of alkyl halides is 3. The normalized spacial score (nSPS) is 15.8. The molecule has 1 aliphatic heterocycles. The van der Waals surface area contributed by atoms with Crippen molar-refractivity contribution in [3.8, 4) is 5.75 Å². The highest BCUT2D eigenvalue weighted by Gasteiger charge is 2.38. The van der Waals surface area contributed by atoms with Crippen molar-refractivity contribution in [3.63, 3.8) is 0 Å². The van der Waals surface area contributed by atoms with E-state index in [1.54, 1.807) is 12.0 Å². The van der Waals surface area contributed by atoms with Crippen LogP contribution in [-0.2, 0) is 6.54 Å². The van der Waals surface area contributed by atoms with Gasteiger partial charge in [-0.1, -0.05) is 12.1 Å². The van der Waals surface area contributed by atoms with Crippen LogP contribution in [0.3, 0.4) is 0 Å². The summed E-state index contributed by atoms with van der Waals surface area (Å²) in [6.45, 7) is 0.462. The molecule has 0 bridgehead atoms. The maximum Gasteiger partial charge on any atom is 0.434 e. The maximum atomic E-state index is 12.6. The van der Waals surface area contributed by atoms with E-state index in [-0.39, 0.29) is 11.2 Å². The van der Waals surface area contributed by atoms with E-state index >= 15 is 0 Å². The summed E-state index contributed by atoms with van der Waals surface area (Å²) in [6, 6.07) is 7.35. The average Bonchev–Trinajstić information content (AvgIpc) is 2.38. The van der Waals surface area contributed by atoms with Crippen LogP contribution >= 0.6 is 15.9 Å². The first-order chi connectivity index (χ1) is 9.40. The molecule has 1 aromatic rings. The fraction of sp³-hybridized carbons (Fsp3) is 0.308. The van der Waals surface area contributed by atoms with E-state index in [9.17, 15) is 13.2 Å². The van der Waals surface area contributed by atoms with Gasteiger partial charge >= 0.3 is 6.18 Å². The van der Waals surface area contributed by atoms with Crippen LogP contribution in [0.1, 0.15) is 5.56 Å². The molecule has 0 saturated carbocycles. The molecule has 3 nitrogen and oxygen atoms in total. The zero-order valence-electron chi connectivity index (χ0n) is 10.6. The van der Waals surface area contributed by atoms with Gasteiger partial charge in [-0.15, -0.1) is 0 Å². The summed E-state index contributed by atoms with van der Waals surface area (Å²) in [5.41, 5.74) is 0.0940. The third-order valence-electron chi connectivity index (χ3n) is 2.75. The minimum absolute atomic E-state index is 0.0179. The zero-order valence-corrected chi connectivity index (χ0v) is 12.2. The number of aliphatic imine (C=N–C) groups is 1. The van der Waals surface area contributed by atoms with Crippen molar-refractivity contribution >= 4 is 21.6 Å². The SMILES string of the molecule is COc1ccc(CN2C=C(Br)C(C(F)(F)F)=NC2)cc1. The summed E-state index contributed by atoms with van der Waals surface area (Å²) in [7, 11) is 1.58. The number of rotatable bonds is 3. The van der Waals surface area contributed by atoms with Gasteiger partial charge in [0.1, 0.15) is 12.4 Å². The number of nitrogens with zero attached hydrogens (tertiary/aromatic N) is 2. The van der Waals surface area contributed by atoms with Crippen molar-refractivity contribution in [2.75, 3.05) is 13.8 Å². The quantitative estimate of drug-likeness (QED) is 0.831. The molecule has 0 amide bonds. The lowest BCUT2D eigenvalue weighted by atomic mass is 10.2. The van der Waals surface area contributed by atoms with Gasteiger partial charge in [-0.3, -0.25) is 4.99 Å².